The molecule has 0 aromatic carbocycles. The highest BCUT2D eigenvalue weighted by atomic mass is 16.6. The second-order valence-corrected chi connectivity index (χ2v) is 6.06. The monoisotopic (exact) mass is 216 g/mol. The lowest BCUT2D eigenvalue weighted by atomic mass is 10.2. The topological polar surface area (TPSA) is 31.0 Å². The average Bonchev–Trinajstić information content (AvgIpc) is 2.73. The summed E-state index contributed by atoms with van der Waals surface area (Å²) >= 11 is 0. The summed E-state index contributed by atoms with van der Waals surface area (Å²) in [6.07, 6.45) is 0.457. The number of hydrogen-bond donors (Lipinski definition) is 0. The normalized spacial score (nSPS) is 26.8. The fourth-order valence-electron chi connectivity index (χ4n) is 1.14. The lowest BCUT2D eigenvalue weighted by Gasteiger charge is -2.19. The summed E-state index contributed by atoms with van der Waals surface area (Å²) in [6.45, 7) is 13.6. The molecule has 15 heavy (non-hydrogen) atoms. The van der Waals surface area contributed by atoms with Crippen LogP contribution in [-0.4, -0.2) is 36.6 Å². The summed E-state index contributed by atoms with van der Waals surface area (Å²) in [5.74, 6) is 0. The number of rotatable bonds is 4. The highest BCUT2D eigenvalue weighted by Crippen LogP contribution is 2.25. The maximum atomic E-state index is 5.63. The van der Waals surface area contributed by atoms with Crippen LogP contribution < -0.4 is 0 Å². The van der Waals surface area contributed by atoms with Gasteiger partial charge < -0.3 is 14.2 Å². The Bertz CT molecular complexity index is 178. The third-order valence-corrected chi connectivity index (χ3v) is 2.05. The summed E-state index contributed by atoms with van der Waals surface area (Å²) < 4.78 is 16.7. The van der Waals surface area contributed by atoms with Crippen molar-refractivity contribution in [2.24, 2.45) is 0 Å². The Hall–Kier alpha value is -0.120. The van der Waals surface area contributed by atoms with Gasteiger partial charge in [0.1, 0.15) is 12.2 Å². The first-order valence-corrected chi connectivity index (χ1v) is 5.61. The fraction of sp³-hybridized carbons (Fsp3) is 1.00. The van der Waals surface area contributed by atoms with Crippen LogP contribution in [0.3, 0.4) is 0 Å². The van der Waals surface area contributed by atoms with Crippen molar-refractivity contribution in [2.75, 3.05) is 13.2 Å². The van der Waals surface area contributed by atoms with Gasteiger partial charge in [-0.3, -0.25) is 0 Å². The van der Waals surface area contributed by atoms with Gasteiger partial charge in [0.2, 0.25) is 0 Å². The molecule has 0 bridgehead atoms. The molecule has 0 amide bonds. The largest absolute Gasteiger partial charge is 0.373 e. The Morgan fingerprint density at radius 1 is 0.800 bits per heavy atom. The number of ether oxygens (including phenoxy) is 3. The Labute approximate surface area is 93.1 Å². The van der Waals surface area contributed by atoms with E-state index in [1.165, 1.54) is 0 Å². The fourth-order valence-corrected chi connectivity index (χ4v) is 1.14. The van der Waals surface area contributed by atoms with Gasteiger partial charge in [0.25, 0.3) is 0 Å². The van der Waals surface area contributed by atoms with Gasteiger partial charge >= 0.3 is 0 Å². The molecule has 1 rings (SSSR count). The summed E-state index contributed by atoms with van der Waals surface area (Å²) in [4.78, 5) is 0. The van der Waals surface area contributed by atoms with E-state index in [9.17, 15) is 0 Å². The lowest BCUT2D eigenvalue weighted by Crippen LogP contribution is -2.25. The van der Waals surface area contributed by atoms with Crippen molar-refractivity contribution in [3.8, 4) is 0 Å². The summed E-state index contributed by atoms with van der Waals surface area (Å²) in [5.41, 5.74) is -0.164. The predicted octanol–water partition coefficient (Wildman–Crippen LogP) is 2.38. The number of epoxide rings is 1. The molecule has 3 heteroatoms. The molecule has 1 aliphatic rings. The molecule has 0 aromatic rings. The van der Waals surface area contributed by atoms with Crippen LogP contribution in [0.15, 0.2) is 0 Å². The molecule has 2 atom stereocenters. The van der Waals surface area contributed by atoms with Crippen molar-refractivity contribution < 1.29 is 14.2 Å². The molecule has 1 heterocycles. The van der Waals surface area contributed by atoms with Crippen molar-refractivity contribution in [1.29, 1.82) is 0 Å². The number of hydrogen-bond acceptors (Lipinski definition) is 3. The zero-order chi connectivity index (χ0) is 11.7. The van der Waals surface area contributed by atoms with Gasteiger partial charge in [-0.2, -0.15) is 0 Å². The molecule has 2 unspecified atom stereocenters. The van der Waals surface area contributed by atoms with Gasteiger partial charge in [-0.25, -0.2) is 0 Å². The van der Waals surface area contributed by atoms with Crippen molar-refractivity contribution in [2.45, 2.75) is 65.0 Å². The first-order valence-electron chi connectivity index (χ1n) is 5.61. The zero-order valence-corrected chi connectivity index (χ0v) is 10.8. The van der Waals surface area contributed by atoms with E-state index in [0.717, 1.165) is 0 Å². The first kappa shape index (κ1) is 12.9. The third kappa shape index (κ3) is 6.13. The van der Waals surface area contributed by atoms with E-state index in [0.29, 0.717) is 13.2 Å². The minimum absolute atomic E-state index is 0.0820. The van der Waals surface area contributed by atoms with E-state index in [1.54, 1.807) is 0 Å². The first-order chi connectivity index (χ1) is 6.67. The molecular formula is C12H24O3. The van der Waals surface area contributed by atoms with E-state index in [2.05, 4.69) is 41.5 Å². The Kier molecular flexibility index (Phi) is 3.80. The second-order valence-electron chi connectivity index (χ2n) is 6.06. The quantitative estimate of drug-likeness (QED) is 0.676. The smallest absolute Gasteiger partial charge is 0.110 e. The van der Waals surface area contributed by atoms with E-state index in [-0.39, 0.29) is 23.4 Å². The van der Waals surface area contributed by atoms with E-state index in [1.807, 2.05) is 0 Å². The molecule has 0 spiro atoms. The standard InChI is InChI=1S/C12H24O3/c1-11(2,3)13-7-9-10(15-9)8-14-12(4,5)6/h9-10H,7-8H2,1-6H3. The van der Waals surface area contributed by atoms with Crippen LogP contribution >= 0.6 is 0 Å². The maximum Gasteiger partial charge on any atom is 0.110 e. The van der Waals surface area contributed by atoms with Crippen LogP contribution in [0.2, 0.25) is 0 Å². The van der Waals surface area contributed by atoms with Crippen LogP contribution in [0.5, 0.6) is 0 Å². The minimum Gasteiger partial charge on any atom is -0.373 e. The predicted molar refractivity (Wildman–Crippen MR) is 60.1 cm³/mol. The molecule has 1 fully saturated rings. The molecule has 0 aliphatic carbocycles. The van der Waals surface area contributed by atoms with Crippen LogP contribution in [0.25, 0.3) is 0 Å². The molecule has 0 saturated carbocycles. The van der Waals surface area contributed by atoms with Crippen molar-refractivity contribution in [1.82, 2.24) is 0 Å². The van der Waals surface area contributed by atoms with Crippen LogP contribution in [0, 0.1) is 0 Å². The van der Waals surface area contributed by atoms with Crippen LogP contribution in [0.1, 0.15) is 41.5 Å². The van der Waals surface area contributed by atoms with E-state index in [4.69, 9.17) is 14.2 Å². The molecule has 0 N–H and O–H groups in total. The molecule has 1 aliphatic heterocycles. The Morgan fingerprint density at radius 3 is 1.40 bits per heavy atom. The van der Waals surface area contributed by atoms with Gasteiger partial charge in [0.05, 0.1) is 24.4 Å². The second kappa shape index (κ2) is 4.40. The Morgan fingerprint density at radius 2 is 1.13 bits per heavy atom. The maximum absolute atomic E-state index is 5.63. The summed E-state index contributed by atoms with van der Waals surface area (Å²) in [6, 6.07) is 0. The van der Waals surface area contributed by atoms with Crippen molar-refractivity contribution in [3.05, 3.63) is 0 Å². The SMILES string of the molecule is CC(C)(C)OCC1OC1COC(C)(C)C. The van der Waals surface area contributed by atoms with Crippen molar-refractivity contribution >= 4 is 0 Å². The summed E-state index contributed by atoms with van der Waals surface area (Å²) in [5, 5.41) is 0. The molecule has 90 valence electrons. The van der Waals surface area contributed by atoms with Crippen LogP contribution in [0.4, 0.5) is 0 Å². The van der Waals surface area contributed by atoms with Gasteiger partial charge in [-0.15, -0.1) is 0 Å². The third-order valence-electron chi connectivity index (χ3n) is 2.05. The van der Waals surface area contributed by atoms with E-state index >= 15 is 0 Å². The Balaban J connectivity index is 2.08. The lowest BCUT2D eigenvalue weighted by molar-refractivity contribution is -0.0135. The van der Waals surface area contributed by atoms with E-state index < -0.39 is 0 Å². The highest BCUT2D eigenvalue weighted by Gasteiger charge is 2.40. The minimum atomic E-state index is -0.0820. The van der Waals surface area contributed by atoms with Gasteiger partial charge in [-0.1, -0.05) is 0 Å². The van der Waals surface area contributed by atoms with Gasteiger partial charge in [0, 0.05) is 0 Å². The zero-order valence-electron chi connectivity index (χ0n) is 10.8. The molecule has 3 nitrogen and oxygen atoms in total. The van der Waals surface area contributed by atoms with Crippen LogP contribution in [-0.2, 0) is 14.2 Å². The van der Waals surface area contributed by atoms with Gasteiger partial charge in [0.15, 0.2) is 0 Å². The summed E-state index contributed by atoms with van der Waals surface area (Å²) in [7, 11) is 0. The average molecular weight is 216 g/mol. The molecule has 0 radical (unpaired) electrons. The molecule has 1 saturated heterocycles. The van der Waals surface area contributed by atoms with Gasteiger partial charge in [-0.05, 0) is 41.5 Å². The highest BCUT2D eigenvalue weighted by molar-refractivity contribution is 4.85. The van der Waals surface area contributed by atoms with Crippen molar-refractivity contribution in [3.63, 3.8) is 0 Å². The molecule has 0 aromatic heterocycles. The molecular weight excluding hydrogens is 192 g/mol.